The molecule has 128 valence electrons. The lowest BCUT2D eigenvalue weighted by molar-refractivity contribution is -0.191. The molecule has 0 spiro atoms. The van der Waals surface area contributed by atoms with Crippen LogP contribution in [-0.4, -0.2) is 46.3 Å². The number of hydrogen-bond donors (Lipinski definition) is 2. The van der Waals surface area contributed by atoms with Gasteiger partial charge in [0, 0.05) is 12.8 Å². The Bertz CT molecular complexity index is 343. The van der Waals surface area contributed by atoms with E-state index in [0.717, 1.165) is 0 Å². The number of carbonyl (C=O) groups is 4. The van der Waals surface area contributed by atoms with Gasteiger partial charge in [-0.05, 0) is 20.3 Å². The Morgan fingerprint density at radius 3 is 1.55 bits per heavy atom. The average Bonchev–Trinajstić information content (AvgIpc) is 2.39. The van der Waals surface area contributed by atoms with Gasteiger partial charge in [-0.2, -0.15) is 9.59 Å². The lowest BCUT2D eigenvalue weighted by Gasteiger charge is -2.01. The van der Waals surface area contributed by atoms with Crippen LogP contribution in [0.15, 0.2) is 0 Å². The van der Waals surface area contributed by atoms with E-state index in [9.17, 15) is 14.4 Å². The van der Waals surface area contributed by atoms with Crippen molar-refractivity contribution in [2.75, 3.05) is 0 Å². The molecule has 0 radical (unpaired) electrons. The standard InChI is InChI=1S/C6H12O2.C6H10O2.CH2O2.CO2/c2*1-3-6(8)4-5(2)7;2*2-1-3/h6,8H,3-4H2,1-2H3;3-4H2,1-2H3;1H,(H,2,3);. The highest BCUT2D eigenvalue weighted by Crippen LogP contribution is 1.95. The fourth-order valence-corrected chi connectivity index (χ4v) is 0.879. The summed E-state index contributed by atoms with van der Waals surface area (Å²) >= 11 is 0. The first-order valence-electron chi connectivity index (χ1n) is 6.42. The largest absolute Gasteiger partial charge is 0.483 e. The Morgan fingerprint density at radius 1 is 1.09 bits per heavy atom. The van der Waals surface area contributed by atoms with Crippen molar-refractivity contribution < 1.29 is 39.0 Å². The third-order valence-electron chi connectivity index (χ3n) is 1.83. The highest BCUT2D eigenvalue weighted by atomic mass is 16.3. The van der Waals surface area contributed by atoms with Crippen LogP contribution < -0.4 is 0 Å². The lowest BCUT2D eigenvalue weighted by atomic mass is 10.1. The zero-order valence-corrected chi connectivity index (χ0v) is 13.3. The summed E-state index contributed by atoms with van der Waals surface area (Å²) in [5.41, 5.74) is 0. The van der Waals surface area contributed by atoms with Crippen molar-refractivity contribution in [2.45, 2.75) is 59.5 Å². The third-order valence-corrected chi connectivity index (χ3v) is 1.83. The lowest BCUT2D eigenvalue weighted by Crippen LogP contribution is -2.08. The first-order chi connectivity index (χ1) is 10.2. The highest BCUT2D eigenvalue weighted by molar-refractivity contribution is 5.97. The molecule has 1 atom stereocenters. The molecule has 2 N–H and O–H groups in total. The predicted molar refractivity (Wildman–Crippen MR) is 75.9 cm³/mol. The van der Waals surface area contributed by atoms with Gasteiger partial charge in [-0.3, -0.25) is 19.2 Å². The number of aliphatic hydroxyl groups is 1. The van der Waals surface area contributed by atoms with E-state index < -0.39 is 6.10 Å². The van der Waals surface area contributed by atoms with Crippen molar-refractivity contribution in [1.82, 2.24) is 0 Å². The fraction of sp³-hybridized carbons (Fsp3) is 0.643. The molecule has 0 heterocycles. The Morgan fingerprint density at radius 2 is 1.45 bits per heavy atom. The summed E-state index contributed by atoms with van der Waals surface area (Å²) in [7, 11) is 0. The van der Waals surface area contributed by atoms with E-state index >= 15 is 0 Å². The summed E-state index contributed by atoms with van der Waals surface area (Å²) in [4.78, 5) is 55.5. The summed E-state index contributed by atoms with van der Waals surface area (Å²) < 4.78 is 0. The Hall–Kier alpha value is -2.18. The van der Waals surface area contributed by atoms with Gasteiger partial charge in [0.1, 0.15) is 17.3 Å². The number of rotatable bonds is 6. The number of carbonyl (C=O) groups excluding carboxylic acids is 5. The predicted octanol–water partition coefficient (Wildman–Crippen LogP) is 0.798. The minimum atomic E-state index is -0.424. The monoisotopic (exact) mass is 320 g/mol. The molecular formula is C14H24O8. The maximum Gasteiger partial charge on any atom is 0.373 e. The second-order valence-electron chi connectivity index (χ2n) is 3.93. The molecule has 0 aromatic heterocycles. The van der Waals surface area contributed by atoms with E-state index in [1.54, 1.807) is 6.92 Å². The van der Waals surface area contributed by atoms with Gasteiger partial charge in [0.25, 0.3) is 6.47 Å². The molecule has 0 aromatic rings. The van der Waals surface area contributed by atoms with Crippen molar-refractivity contribution in [3.63, 3.8) is 0 Å². The summed E-state index contributed by atoms with van der Waals surface area (Å²) in [6.45, 7) is 6.27. The maximum absolute atomic E-state index is 10.4. The topological polar surface area (TPSA) is 143 Å². The number of hydrogen-bond acceptors (Lipinski definition) is 7. The molecule has 0 aliphatic carbocycles. The van der Waals surface area contributed by atoms with E-state index in [-0.39, 0.29) is 36.4 Å². The Balaban J connectivity index is -0.000000109. The second-order valence-corrected chi connectivity index (χ2v) is 3.93. The van der Waals surface area contributed by atoms with Crippen LogP contribution in [0, 0.1) is 0 Å². The Labute approximate surface area is 129 Å². The minimum Gasteiger partial charge on any atom is -0.483 e. The zero-order valence-electron chi connectivity index (χ0n) is 13.3. The van der Waals surface area contributed by atoms with Crippen molar-refractivity contribution in [3.8, 4) is 0 Å². The van der Waals surface area contributed by atoms with Crippen molar-refractivity contribution >= 4 is 30.0 Å². The number of ketones is 3. The van der Waals surface area contributed by atoms with Crippen LogP contribution in [0.2, 0.25) is 0 Å². The smallest absolute Gasteiger partial charge is 0.373 e. The van der Waals surface area contributed by atoms with Gasteiger partial charge in [-0.15, -0.1) is 0 Å². The molecule has 22 heavy (non-hydrogen) atoms. The number of Topliss-reactive ketones (excluding diaryl/α,β-unsaturated/α-hetero) is 3. The van der Waals surface area contributed by atoms with E-state index in [4.69, 9.17) is 24.6 Å². The molecule has 0 aliphatic rings. The van der Waals surface area contributed by atoms with Gasteiger partial charge < -0.3 is 10.2 Å². The van der Waals surface area contributed by atoms with Gasteiger partial charge >= 0.3 is 6.15 Å². The SMILES string of the molecule is CCC(=O)CC(C)=O.CCC(O)CC(C)=O.O=C=O.O=CO. The van der Waals surface area contributed by atoms with Gasteiger partial charge in [-0.25, -0.2) is 0 Å². The van der Waals surface area contributed by atoms with Gasteiger partial charge in [-0.1, -0.05) is 13.8 Å². The molecule has 8 nitrogen and oxygen atoms in total. The molecular weight excluding hydrogens is 296 g/mol. The molecule has 1 unspecified atom stereocenters. The molecule has 0 saturated carbocycles. The number of carboxylic acid groups (broad SMARTS) is 1. The second kappa shape index (κ2) is 23.9. The molecule has 0 bridgehead atoms. The fourth-order valence-electron chi connectivity index (χ4n) is 0.879. The Kier molecular flexibility index (Phi) is 30.4. The first kappa shape index (κ1) is 28.0. The molecule has 8 heteroatoms. The van der Waals surface area contributed by atoms with Crippen LogP contribution in [0.3, 0.4) is 0 Å². The van der Waals surface area contributed by atoms with Crippen LogP contribution >= 0.6 is 0 Å². The molecule has 0 rings (SSSR count). The maximum atomic E-state index is 10.4. The first-order valence-corrected chi connectivity index (χ1v) is 6.42. The van der Waals surface area contributed by atoms with Crippen LogP contribution in [0.25, 0.3) is 0 Å². The summed E-state index contributed by atoms with van der Waals surface area (Å²) in [5, 5.41) is 15.7. The molecule has 0 aliphatic heterocycles. The van der Waals surface area contributed by atoms with E-state index in [1.807, 2.05) is 6.92 Å². The zero-order chi connectivity index (χ0) is 18.6. The summed E-state index contributed by atoms with van der Waals surface area (Å²) in [6.07, 6.45) is 1.37. The van der Waals surface area contributed by atoms with Crippen LogP contribution in [0.5, 0.6) is 0 Å². The van der Waals surface area contributed by atoms with Gasteiger partial charge in [0.2, 0.25) is 0 Å². The molecule has 0 saturated heterocycles. The molecule has 0 aromatic carbocycles. The van der Waals surface area contributed by atoms with Gasteiger partial charge in [0.05, 0.1) is 12.5 Å². The van der Waals surface area contributed by atoms with E-state index in [0.29, 0.717) is 19.3 Å². The normalized spacial score (nSPS) is 8.95. The summed E-state index contributed by atoms with van der Waals surface area (Å²) in [5.74, 6) is 0.0358. The highest BCUT2D eigenvalue weighted by Gasteiger charge is 2.02. The minimum absolute atomic E-state index is 0.0255. The van der Waals surface area contributed by atoms with Crippen LogP contribution in [-0.2, 0) is 28.8 Å². The summed E-state index contributed by atoms with van der Waals surface area (Å²) in [6, 6.07) is 0. The van der Waals surface area contributed by atoms with Crippen LogP contribution in [0.4, 0.5) is 0 Å². The van der Waals surface area contributed by atoms with Crippen molar-refractivity contribution in [3.05, 3.63) is 0 Å². The van der Waals surface area contributed by atoms with Gasteiger partial charge in [0.15, 0.2) is 0 Å². The van der Waals surface area contributed by atoms with Crippen molar-refractivity contribution in [1.29, 1.82) is 0 Å². The third kappa shape index (κ3) is 52.3. The van der Waals surface area contributed by atoms with E-state index in [1.165, 1.54) is 13.8 Å². The molecule has 0 amide bonds. The number of aliphatic hydroxyl groups excluding tert-OH is 1. The van der Waals surface area contributed by atoms with E-state index in [2.05, 4.69) is 0 Å². The molecule has 0 fully saturated rings. The van der Waals surface area contributed by atoms with Crippen molar-refractivity contribution in [2.24, 2.45) is 0 Å². The quantitative estimate of drug-likeness (QED) is 0.540. The average molecular weight is 320 g/mol. The van der Waals surface area contributed by atoms with Crippen LogP contribution in [0.1, 0.15) is 53.4 Å².